The van der Waals surface area contributed by atoms with Crippen LogP contribution in [-0.2, 0) is 70.7 Å². The monoisotopic (exact) mass is 1150 g/mol. The van der Waals surface area contributed by atoms with Gasteiger partial charge in [0.15, 0.2) is 5.76 Å². The first-order chi connectivity index (χ1) is 38.7. The second-order valence-corrected chi connectivity index (χ2v) is 24.6. The van der Waals surface area contributed by atoms with Crippen molar-refractivity contribution in [3.05, 3.63) is 181 Å². The first-order valence-electron chi connectivity index (χ1n) is 27.5. The van der Waals surface area contributed by atoms with E-state index in [9.17, 15) is 19.6 Å². The number of esters is 2. The van der Waals surface area contributed by atoms with Crippen LogP contribution in [0.15, 0.2) is 108 Å². The summed E-state index contributed by atoms with van der Waals surface area (Å²) in [7, 11) is 5.34. The molecule has 7 aromatic rings. The van der Waals surface area contributed by atoms with Gasteiger partial charge in [-0.1, -0.05) is 144 Å². The number of carbonyl (C=O) groups excluding carboxylic acids is 3. The SMILES string of the molecule is CCc1nn(C)c(C(=O)NCc2ccc(C(C)(C)C)cc2)c1Cl.Cc1nn(C)c(/C(OC(=O)C(C)(C)C)=C(\C#N)c2ccc(C(C)(C)C)cc2)c1C.Cc1nn(C)c(Oc2ccccc2)c1/C=N/OCc1ccc(C(=O)OC(C)(C)C)cc1. The number of allylic oxidation sites excluding steroid dienone is 1. The third kappa shape index (κ3) is 18.1. The summed E-state index contributed by atoms with van der Waals surface area (Å²) in [6, 6.07) is 34.9. The van der Waals surface area contributed by atoms with Crippen LogP contribution in [0.3, 0.4) is 0 Å². The summed E-state index contributed by atoms with van der Waals surface area (Å²) in [6.07, 6.45) is 2.30. The number of halogens is 1. The second kappa shape index (κ2) is 27.7. The van der Waals surface area contributed by atoms with E-state index in [1.54, 1.807) is 67.3 Å². The highest BCUT2D eigenvalue weighted by Gasteiger charge is 2.30. The molecule has 1 amide bonds. The number of rotatable bonds is 14. The molecule has 0 saturated heterocycles. The molecular formula is C66H82ClN9O7. The summed E-state index contributed by atoms with van der Waals surface area (Å²) < 4.78 is 22.0. The number of para-hydroxylation sites is 1. The van der Waals surface area contributed by atoms with E-state index in [0.29, 0.717) is 57.7 Å². The molecule has 0 unspecified atom stereocenters. The predicted octanol–water partition coefficient (Wildman–Crippen LogP) is 14.2. The number of oxime groups is 1. The summed E-state index contributed by atoms with van der Waals surface area (Å²) >= 11 is 6.23. The van der Waals surface area contributed by atoms with Crippen LogP contribution in [0.25, 0.3) is 11.3 Å². The molecule has 83 heavy (non-hydrogen) atoms. The molecule has 0 aliphatic heterocycles. The third-order valence-corrected chi connectivity index (χ3v) is 13.4. The molecule has 3 heterocycles. The van der Waals surface area contributed by atoms with Gasteiger partial charge in [0.1, 0.15) is 41.0 Å². The predicted molar refractivity (Wildman–Crippen MR) is 328 cm³/mol. The zero-order chi connectivity index (χ0) is 61.8. The van der Waals surface area contributed by atoms with Crippen molar-refractivity contribution in [3.63, 3.8) is 0 Å². The van der Waals surface area contributed by atoms with Crippen LogP contribution in [-0.4, -0.2) is 59.0 Å². The molecule has 4 aromatic carbocycles. The molecule has 440 valence electrons. The normalized spacial score (nSPS) is 12.0. The van der Waals surface area contributed by atoms with E-state index in [0.717, 1.165) is 39.3 Å². The van der Waals surface area contributed by atoms with E-state index in [4.69, 9.17) is 30.6 Å². The van der Waals surface area contributed by atoms with Gasteiger partial charge in [-0.2, -0.15) is 20.6 Å². The highest BCUT2D eigenvalue weighted by molar-refractivity contribution is 6.34. The molecule has 0 spiro atoms. The van der Waals surface area contributed by atoms with Crippen molar-refractivity contribution < 1.29 is 33.4 Å². The highest BCUT2D eigenvalue weighted by atomic mass is 35.5. The standard InChI is InChI=1S/C24H27N3O4.C24H31N3O2.C18H24ClN3O/c1-17-21(22(27(5)26-17)30-20-9-7-6-8-10-20)15-25-29-16-18-11-13-19(14-12-18)23(28)31-24(2,3)4;1-15-16(2)26-27(9)20(15)21(29-22(28)24(6,7)8)19(14-25)17-10-12-18(13-11-17)23(3,4)5;1-6-14-15(19)16(22(5)21-14)17(23)20-11-12-7-9-13(10-8-12)18(2,3)4/h6-15H,16H2,1-5H3;10-13H,1-9H3;7-10H,6,11H2,1-5H3,(H,20,23)/b25-15+;21-19-;. The first-order valence-corrected chi connectivity index (χ1v) is 27.9. The molecule has 0 atom stereocenters. The summed E-state index contributed by atoms with van der Waals surface area (Å²) in [4.78, 5) is 42.6. The Hall–Kier alpha value is -8.29. The van der Waals surface area contributed by atoms with Crippen molar-refractivity contribution >= 4 is 47.0 Å². The summed E-state index contributed by atoms with van der Waals surface area (Å²) in [5.41, 5.74) is 9.81. The number of aromatic nitrogens is 6. The summed E-state index contributed by atoms with van der Waals surface area (Å²) in [5.74, 6) is 0.589. The van der Waals surface area contributed by atoms with E-state index in [1.165, 1.54) is 11.1 Å². The maximum atomic E-state index is 12.7. The first kappa shape index (κ1) is 65.5. The number of carbonyl (C=O) groups is 3. The van der Waals surface area contributed by atoms with Gasteiger partial charge in [0.25, 0.3) is 5.91 Å². The number of benzene rings is 4. The van der Waals surface area contributed by atoms with Crippen LogP contribution in [0.4, 0.5) is 0 Å². The average molecular weight is 1150 g/mol. The Bertz CT molecular complexity index is 3460. The maximum Gasteiger partial charge on any atom is 0.338 e. The molecule has 16 nitrogen and oxygen atoms in total. The number of nitriles is 1. The Morgan fingerprint density at radius 3 is 1.71 bits per heavy atom. The lowest BCUT2D eigenvalue weighted by Gasteiger charge is -2.21. The summed E-state index contributed by atoms with van der Waals surface area (Å²) in [6.45, 7) is 32.2. The number of amides is 1. The lowest BCUT2D eigenvalue weighted by Crippen LogP contribution is -2.25. The smallest absolute Gasteiger partial charge is 0.338 e. The number of ether oxygens (including phenoxy) is 3. The van der Waals surface area contributed by atoms with Crippen molar-refractivity contribution in [2.75, 3.05) is 0 Å². The van der Waals surface area contributed by atoms with Crippen molar-refractivity contribution in [3.8, 4) is 17.7 Å². The number of hydrogen-bond donors (Lipinski definition) is 1. The quantitative estimate of drug-likeness (QED) is 0.0358. The lowest BCUT2D eigenvalue weighted by atomic mass is 9.86. The second-order valence-electron chi connectivity index (χ2n) is 24.2. The summed E-state index contributed by atoms with van der Waals surface area (Å²) in [5, 5.41) is 30.5. The fourth-order valence-electron chi connectivity index (χ4n) is 8.14. The molecule has 0 saturated carbocycles. The van der Waals surface area contributed by atoms with Gasteiger partial charge < -0.3 is 24.4 Å². The van der Waals surface area contributed by atoms with Crippen molar-refractivity contribution in [1.82, 2.24) is 34.7 Å². The molecule has 0 aliphatic rings. The molecule has 0 aliphatic carbocycles. The Morgan fingerprint density at radius 2 is 1.22 bits per heavy atom. The van der Waals surface area contributed by atoms with E-state index in [1.807, 2.05) is 134 Å². The number of hydrogen-bond acceptors (Lipinski definition) is 12. The minimum Gasteiger partial charge on any atom is -0.456 e. The molecule has 0 bridgehead atoms. The highest BCUT2D eigenvalue weighted by Crippen LogP contribution is 2.34. The Morgan fingerprint density at radius 1 is 0.687 bits per heavy atom. The fourth-order valence-corrected chi connectivity index (χ4v) is 8.52. The molecule has 3 aromatic heterocycles. The molecule has 0 radical (unpaired) electrons. The van der Waals surface area contributed by atoms with Gasteiger partial charge in [0.05, 0.1) is 44.9 Å². The molecule has 0 fully saturated rings. The largest absolute Gasteiger partial charge is 0.456 e. The van der Waals surface area contributed by atoms with Crippen molar-refractivity contribution in [2.24, 2.45) is 31.7 Å². The molecule has 1 N–H and O–H groups in total. The third-order valence-electron chi connectivity index (χ3n) is 13.0. The van der Waals surface area contributed by atoms with Gasteiger partial charge in [-0.15, -0.1) is 0 Å². The van der Waals surface area contributed by atoms with Crippen LogP contribution in [0.1, 0.15) is 173 Å². The van der Waals surface area contributed by atoms with Crippen LogP contribution in [0, 0.1) is 37.5 Å². The fraction of sp³-hybridized carbons (Fsp3) is 0.394. The topological polar surface area (TPSA) is 190 Å². The van der Waals surface area contributed by atoms with Gasteiger partial charge in [-0.05, 0) is 132 Å². The molecule has 7 rings (SSSR count). The van der Waals surface area contributed by atoms with Crippen LogP contribution in [0.5, 0.6) is 11.6 Å². The zero-order valence-electron chi connectivity index (χ0n) is 51.8. The number of nitrogens with one attached hydrogen (secondary N) is 1. The van der Waals surface area contributed by atoms with Crippen LogP contribution in [0.2, 0.25) is 5.02 Å². The number of nitrogens with zero attached hydrogens (tertiary/aromatic N) is 8. The van der Waals surface area contributed by atoms with Gasteiger partial charge in [-0.3, -0.25) is 19.0 Å². The van der Waals surface area contributed by atoms with E-state index in [-0.39, 0.29) is 35.1 Å². The van der Waals surface area contributed by atoms with E-state index >= 15 is 0 Å². The van der Waals surface area contributed by atoms with Crippen molar-refractivity contribution in [1.29, 1.82) is 5.26 Å². The van der Waals surface area contributed by atoms with Crippen LogP contribution >= 0.6 is 11.6 Å². The average Bonchev–Trinajstić information content (AvgIpc) is 3.61. The Kier molecular flexibility index (Phi) is 21.8. The van der Waals surface area contributed by atoms with Gasteiger partial charge in [0, 0.05) is 33.3 Å². The van der Waals surface area contributed by atoms with E-state index < -0.39 is 17.0 Å². The minimum atomic E-state index is -0.705. The molecular weight excluding hydrogens is 1070 g/mol. The number of aryl methyl sites for hydroxylation is 6. The minimum absolute atomic E-state index is 0.00627. The van der Waals surface area contributed by atoms with Gasteiger partial charge in [-0.25, -0.2) is 9.48 Å². The zero-order valence-corrected chi connectivity index (χ0v) is 52.6. The van der Waals surface area contributed by atoms with Crippen molar-refractivity contribution in [2.45, 2.75) is 147 Å². The Labute approximate surface area is 495 Å². The van der Waals surface area contributed by atoms with Crippen LogP contribution < -0.4 is 10.1 Å². The van der Waals surface area contributed by atoms with E-state index in [2.05, 4.69) is 85.5 Å². The maximum absolute atomic E-state index is 12.7. The van der Waals surface area contributed by atoms with Gasteiger partial charge in [0.2, 0.25) is 5.88 Å². The molecule has 17 heteroatoms. The lowest BCUT2D eigenvalue weighted by molar-refractivity contribution is -0.145. The van der Waals surface area contributed by atoms with Gasteiger partial charge >= 0.3 is 11.9 Å². The Balaban J connectivity index is 0.000000231.